The standard InChI is InChI=1S/C11H14IN/c1-2-3-4-5-6-9-10-7-12-8-13-11(9)10/h2,4-5,8-10H,1,3,6-7H2/b5-4-. The number of hydrogen-bond donors (Lipinski definition) is 0. The highest BCUT2D eigenvalue weighted by atomic mass is 127. The smallest absolute Gasteiger partial charge is 0.0556 e. The summed E-state index contributed by atoms with van der Waals surface area (Å²) in [5.41, 5.74) is 1.48. The van der Waals surface area contributed by atoms with E-state index >= 15 is 0 Å². The van der Waals surface area contributed by atoms with Crippen LogP contribution in [0.3, 0.4) is 0 Å². The van der Waals surface area contributed by atoms with Crippen molar-refractivity contribution >= 4 is 30.6 Å². The molecule has 1 fully saturated rings. The summed E-state index contributed by atoms with van der Waals surface area (Å²) in [6.45, 7) is 3.69. The molecule has 0 saturated heterocycles. The SMILES string of the molecule is C=CC/C=C\CC1C2=NC=ICC21. The molecule has 0 N–H and O–H groups in total. The molecule has 0 aromatic carbocycles. The zero-order chi connectivity index (χ0) is 9.10. The molecule has 1 heterocycles. The van der Waals surface area contributed by atoms with E-state index in [0.717, 1.165) is 18.3 Å². The molecule has 70 valence electrons. The second-order valence-electron chi connectivity index (χ2n) is 3.40. The average molecular weight is 287 g/mol. The Bertz CT molecular complexity index is 288. The Morgan fingerprint density at radius 2 is 2.54 bits per heavy atom. The van der Waals surface area contributed by atoms with E-state index in [1.54, 1.807) is 0 Å². The first kappa shape index (κ1) is 9.31. The molecule has 2 unspecified atom stereocenters. The molecule has 0 amide bonds. The van der Waals surface area contributed by atoms with Gasteiger partial charge in [-0.3, -0.25) is 4.99 Å². The molecule has 1 aliphatic carbocycles. The Balaban J connectivity index is 1.77. The summed E-state index contributed by atoms with van der Waals surface area (Å²) in [5.74, 6) is 1.69. The minimum Gasteiger partial charge on any atom is -0.259 e. The van der Waals surface area contributed by atoms with Crippen molar-refractivity contribution in [1.82, 2.24) is 0 Å². The van der Waals surface area contributed by atoms with E-state index in [1.165, 1.54) is 16.6 Å². The van der Waals surface area contributed by atoms with Crippen LogP contribution in [0.25, 0.3) is 0 Å². The maximum Gasteiger partial charge on any atom is 0.0556 e. The van der Waals surface area contributed by atoms with Crippen LogP contribution in [0.1, 0.15) is 12.8 Å². The lowest BCUT2D eigenvalue weighted by Crippen LogP contribution is -1.85. The van der Waals surface area contributed by atoms with Gasteiger partial charge in [0.25, 0.3) is 0 Å². The first-order valence-corrected chi connectivity index (χ1v) is 7.43. The first-order valence-electron chi connectivity index (χ1n) is 4.66. The molecule has 0 spiro atoms. The average Bonchev–Trinajstić information content (AvgIpc) is 2.87. The molecule has 2 rings (SSSR count). The predicted molar refractivity (Wildman–Crippen MR) is 67.9 cm³/mol. The minimum atomic E-state index is 0.313. The molecular formula is C11H14IN. The van der Waals surface area contributed by atoms with E-state index in [1.807, 2.05) is 6.08 Å². The van der Waals surface area contributed by atoms with Crippen molar-refractivity contribution in [3.05, 3.63) is 24.8 Å². The van der Waals surface area contributed by atoms with Crippen molar-refractivity contribution in [2.24, 2.45) is 16.8 Å². The van der Waals surface area contributed by atoms with Crippen LogP contribution >= 0.6 is 20.7 Å². The van der Waals surface area contributed by atoms with Gasteiger partial charge < -0.3 is 0 Å². The molecule has 2 heteroatoms. The van der Waals surface area contributed by atoms with Gasteiger partial charge in [0.2, 0.25) is 0 Å². The number of alkyl halides is 1. The lowest BCUT2D eigenvalue weighted by molar-refractivity contribution is 0.782. The molecule has 1 saturated carbocycles. The van der Waals surface area contributed by atoms with Gasteiger partial charge in [-0.25, -0.2) is 0 Å². The van der Waals surface area contributed by atoms with Gasteiger partial charge >= 0.3 is 0 Å². The highest BCUT2D eigenvalue weighted by Gasteiger charge is 2.44. The van der Waals surface area contributed by atoms with E-state index in [0.29, 0.717) is 20.7 Å². The first-order chi connectivity index (χ1) is 6.43. The lowest BCUT2D eigenvalue weighted by atomic mass is 10.2. The maximum atomic E-state index is 4.47. The van der Waals surface area contributed by atoms with E-state index in [4.69, 9.17) is 0 Å². The Morgan fingerprint density at radius 3 is 3.23 bits per heavy atom. The summed E-state index contributed by atoms with van der Waals surface area (Å²) in [5, 5.41) is 0. The Kier molecular flexibility index (Phi) is 3.09. The van der Waals surface area contributed by atoms with Gasteiger partial charge in [-0.2, -0.15) is 0 Å². The van der Waals surface area contributed by atoms with Crippen molar-refractivity contribution in [2.75, 3.05) is 4.43 Å². The van der Waals surface area contributed by atoms with E-state index < -0.39 is 0 Å². The number of rotatable bonds is 4. The molecule has 0 bridgehead atoms. The highest BCUT2D eigenvalue weighted by Crippen LogP contribution is 2.42. The largest absolute Gasteiger partial charge is 0.259 e. The molecule has 13 heavy (non-hydrogen) atoms. The second kappa shape index (κ2) is 4.31. The predicted octanol–water partition coefficient (Wildman–Crippen LogP) is 2.94. The topological polar surface area (TPSA) is 12.4 Å². The van der Waals surface area contributed by atoms with Crippen LogP contribution in [0, 0.1) is 11.8 Å². The van der Waals surface area contributed by atoms with Gasteiger partial charge in [0, 0.05) is 22.0 Å². The van der Waals surface area contributed by atoms with Crippen molar-refractivity contribution in [1.29, 1.82) is 0 Å². The van der Waals surface area contributed by atoms with Crippen LogP contribution < -0.4 is 0 Å². The van der Waals surface area contributed by atoms with Crippen LogP contribution in [0.15, 0.2) is 29.8 Å². The second-order valence-corrected chi connectivity index (χ2v) is 5.72. The van der Waals surface area contributed by atoms with Gasteiger partial charge in [-0.15, -0.1) is 27.3 Å². The summed E-state index contributed by atoms with van der Waals surface area (Å²) < 4.78 is 3.62. The molecule has 0 radical (unpaired) electrons. The third-order valence-electron chi connectivity index (χ3n) is 2.52. The van der Waals surface area contributed by atoms with Crippen LogP contribution in [0.5, 0.6) is 0 Å². The number of aliphatic imine (C=N–C) groups is 1. The number of halogens is 1. The molecular weight excluding hydrogens is 273 g/mol. The van der Waals surface area contributed by atoms with Gasteiger partial charge in [0.05, 0.1) is 4.14 Å². The Morgan fingerprint density at radius 1 is 1.62 bits per heavy atom. The quantitative estimate of drug-likeness (QED) is 0.428. The van der Waals surface area contributed by atoms with Crippen molar-refractivity contribution in [3.8, 4) is 0 Å². The zero-order valence-electron chi connectivity index (χ0n) is 7.62. The summed E-state index contributed by atoms with van der Waals surface area (Å²) in [6, 6.07) is 0. The van der Waals surface area contributed by atoms with E-state index in [-0.39, 0.29) is 0 Å². The number of fused-ring (bicyclic) bond motifs is 1. The molecule has 1 aliphatic heterocycles. The fourth-order valence-electron chi connectivity index (χ4n) is 1.69. The molecule has 2 atom stereocenters. The van der Waals surface area contributed by atoms with Gasteiger partial charge in [-0.1, -0.05) is 18.2 Å². The summed E-state index contributed by atoms with van der Waals surface area (Å²) in [7, 11) is 0. The highest BCUT2D eigenvalue weighted by molar-refractivity contribution is 14.2. The van der Waals surface area contributed by atoms with Gasteiger partial charge in [0.1, 0.15) is 0 Å². The number of hydrogen-bond acceptors (Lipinski definition) is 1. The molecule has 2 aliphatic rings. The van der Waals surface area contributed by atoms with Crippen LogP contribution in [0.2, 0.25) is 0 Å². The van der Waals surface area contributed by atoms with Crippen molar-refractivity contribution in [3.63, 3.8) is 0 Å². The minimum absolute atomic E-state index is 0.313. The molecule has 1 nitrogen and oxygen atoms in total. The normalized spacial score (nSPS) is 30.6. The van der Waals surface area contributed by atoms with E-state index in [2.05, 4.69) is 27.9 Å². The van der Waals surface area contributed by atoms with Crippen LogP contribution in [0.4, 0.5) is 0 Å². The summed E-state index contributed by atoms with van der Waals surface area (Å²) >= 11 is 0.313. The van der Waals surface area contributed by atoms with Crippen LogP contribution in [-0.2, 0) is 0 Å². The van der Waals surface area contributed by atoms with Crippen molar-refractivity contribution in [2.45, 2.75) is 12.8 Å². The Labute approximate surface area is 89.4 Å². The summed E-state index contributed by atoms with van der Waals surface area (Å²) in [4.78, 5) is 4.47. The number of nitrogens with zero attached hydrogens (tertiary/aromatic N) is 1. The van der Waals surface area contributed by atoms with Crippen LogP contribution in [-0.4, -0.2) is 14.3 Å². The zero-order valence-corrected chi connectivity index (χ0v) is 9.78. The third kappa shape index (κ3) is 2.16. The third-order valence-corrected chi connectivity index (χ3v) is 4.65. The molecule has 0 aromatic heterocycles. The molecule has 0 aromatic rings. The fourth-order valence-corrected chi connectivity index (χ4v) is 4.05. The van der Waals surface area contributed by atoms with E-state index in [9.17, 15) is 0 Å². The van der Waals surface area contributed by atoms with Gasteiger partial charge in [-0.05, 0) is 12.8 Å². The van der Waals surface area contributed by atoms with Crippen molar-refractivity contribution < 1.29 is 0 Å². The lowest BCUT2D eigenvalue weighted by Gasteiger charge is -1.89. The fraction of sp³-hybridized carbons (Fsp3) is 0.455. The maximum absolute atomic E-state index is 4.47. The van der Waals surface area contributed by atoms with Gasteiger partial charge in [0.15, 0.2) is 0 Å². The Hall–Kier alpha value is -0.250. The summed E-state index contributed by atoms with van der Waals surface area (Å²) in [6.07, 6.45) is 8.63. The number of allylic oxidation sites excluding steroid dienone is 3. The monoisotopic (exact) mass is 287 g/mol.